The Morgan fingerprint density at radius 2 is 2.06 bits per heavy atom. The predicted octanol–water partition coefficient (Wildman–Crippen LogP) is 0.666. The van der Waals surface area contributed by atoms with Gasteiger partial charge in [-0.15, -0.1) is 0 Å². The summed E-state index contributed by atoms with van der Waals surface area (Å²) in [6.07, 6.45) is 3.35. The van der Waals surface area contributed by atoms with Crippen LogP contribution in [0, 0.1) is 5.41 Å². The van der Waals surface area contributed by atoms with Crippen LogP contribution in [-0.2, 0) is 4.79 Å². The van der Waals surface area contributed by atoms with Crippen LogP contribution in [0.5, 0.6) is 0 Å². The average Bonchev–Trinajstić information content (AvgIpc) is 3.05. The van der Waals surface area contributed by atoms with Crippen molar-refractivity contribution in [3.63, 3.8) is 0 Å². The van der Waals surface area contributed by atoms with Gasteiger partial charge in [0.25, 0.3) is 0 Å². The molecule has 1 heterocycles. The molecule has 1 unspecified atom stereocenters. The highest BCUT2D eigenvalue weighted by Gasteiger charge is 2.35. The van der Waals surface area contributed by atoms with Crippen LogP contribution >= 0.6 is 0 Å². The van der Waals surface area contributed by atoms with Crippen molar-refractivity contribution in [3.05, 3.63) is 0 Å². The molecule has 2 rings (SSSR count). The van der Waals surface area contributed by atoms with E-state index in [2.05, 4.69) is 18.7 Å². The van der Waals surface area contributed by atoms with Gasteiger partial charge in [0.1, 0.15) is 0 Å². The van der Waals surface area contributed by atoms with Crippen LogP contribution in [0.25, 0.3) is 0 Å². The van der Waals surface area contributed by atoms with Gasteiger partial charge in [-0.2, -0.15) is 0 Å². The Kier molecular flexibility index (Phi) is 3.46. The lowest BCUT2D eigenvalue weighted by atomic mass is 9.80. The van der Waals surface area contributed by atoms with Gasteiger partial charge in [0, 0.05) is 32.2 Å². The van der Waals surface area contributed by atoms with Crippen molar-refractivity contribution in [3.8, 4) is 0 Å². The van der Waals surface area contributed by atoms with Crippen LogP contribution in [0.3, 0.4) is 0 Å². The van der Waals surface area contributed by atoms with E-state index in [0.29, 0.717) is 12.6 Å². The Morgan fingerprint density at radius 1 is 1.41 bits per heavy atom. The van der Waals surface area contributed by atoms with E-state index in [4.69, 9.17) is 5.73 Å². The molecular formula is C13H25N3O. The minimum absolute atomic E-state index is 0.122. The van der Waals surface area contributed by atoms with Crippen molar-refractivity contribution in [1.29, 1.82) is 0 Å². The smallest absolute Gasteiger partial charge is 0.236 e. The molecule has 0 aromatic heterocycles. The van der Waals surface area contributed by atoms with Crippen LogP contribution in [-0.4, -0.2) is 54.5 Å². The fraction of sp³-hybridized carbons (Fsp3) is 0.923. The lowest BCUT2D eigenvalue weighted by molar-refractivity contribution is -0.132. The van der Waals surface area contributed by atoms with Gasteiger partial charge in [0.2, 0.25) is 5.91 Å². The van der Waals surface area contributed by atoms with E-state index in [1.807, 2.05) is 11.9 Å². The first-order valence-corrected chi connectivity index (χ1v) is 6.64. The summed E-state index contributed by atoms with van der Waals surface area (Å²) in [5, 5.41) is 0. The Hall–Kier alpha value is -0.610. The van der Waals surface area contributed by atoms with E-state index in [-0.39, 0.29) is 17.4 Å². The molecular weight excluding hydrogens is 214 g/mol. The zero-order chi connectivity index (χ0) is 12.6. The van der Waals surface area contributed by atoms with E-state index < -0.39 is 0 Å². The Labute approximate surface area is 104 Å². The molecule has 4 heteroatoms. The largest absolute Gasteiger partial charge is 0.342 e. The molecule has 2 N–H and O–H groups in total. The van der Waals surface area contributed by atoms with E-state index >= 15 is 0 Å². The molecule has 1 amide bonds. The zero-order valence-corrected chi connectivity index (χ0v) is 11.3. The van der Waals surface area contributed by atoms with Gasteiger partial charge in [0.05, 0.1) is 6.54 Å². The lowest BCUT2D eigenvalue weighted by Gasteiger charge is -2.42. The average molecular weight is 239 g/mol. The quantitative estimate of drug-likeness (QED) is 0.787. The van der Waals surface area contributed by atoms with Gasteiger partial charge in [-0.3, -0.25) is 9.69 Å². The first kappa shape index (κ1) is 12.8. The van der Waals surface area contributed by atoms with Gasteiger partial charge < -0.3 is 10.6 Å². The van der Waals surface area contributed by atoms with Crippen LogP contribution < -0.4 is 5.73 Å². The minimum Gasteiger partial charge on any atom is -0.342 e. The Bertz CT molecular complexity index is 299. The van der Waals surface area contributed by atoms with Gasteiger partial charge in [-0.05, 0) is 24.7 Å². The first-order valence-electron chi connectivity index (χ1n) is 6.64. The van der Waals surface area contributed by atoms with E-state index in [1.54, 1.807) is 0 Å². The van der Waals surface area contributed by atoms with Crippen LogP contribution in [0.2, 0.25) is 0 Å². The summed E-state index contributed by atoms with van der Waals surface area (Å²) in [6, 6.07) is 0.776. The molecule has 1 atom stereocenters. The summed E-state index contributed by atoms with van der Waals surface area (Å²) in [5.74, 6) is 0.263. The van der Waals surface area contributed by atoms with Crippen molar-refractivity contribution in [1.82, 2.24) is 9.80 Å². The summed E-state index contributed by atoms with van der Waals surface area (Å²) >= 11 is 0. The zero-order valence-electron chi connectivity index (χ0n) is 11.3. The van der Waals surface area contributed by atoms with Gasteiger partial charge in [-0.1, -0.05) is 13.8 Å². The Balaban J connectivity index is 1.85. The summed E-state index contributed by atoms with van der Waals surface area (Å²) in [7, 11) is 1.93. The number of carbonyl (C=O) groups is 1. The highest BCUT2D eigenvalue weighted by atomic mass is 16.2. The van der Waals surface area contributed by atoms with Crippen molar-refractivity contribution in [2.24, 2.45) is 11.1 Å². The fourth-order valence-electron chi connectivity index (χ4n) is 2.59. The van der Waals surface area contributed by atoms with Gasteiger partial charge >= 0.3 is 0 Å². The third kappa shape index (κ3) is 2.99. The van der Waals surface area contributed by atoms with Crippen LogP contribution in [0.15, 0.2) is 0 Å². The number of nitrogens with zero attached hydrogens (tertiary/aromatic N) is 2. The summed E-state index contributed by atoms with van der Waals surface area (Å²) in [4.78, 5) is 16.2. The number of hydrogen-bond donors (Lipinski definition) is 1. The highest BCUT2D eigenvalue weighted by Crippen LogP contribution is 2.28. The lowest BCUT2D eigenvalue weighted by Crippen LogP contribution is -2.54. The number of carbonyl (C=O) groups excluding carboxylic acids is 1. The van der Waals surface area contributed by atoms with Crippen molar-refractivity contribution < 1.29 is 4.79 Å². The molecule has 2 aliphatic rings. The van der Waals surface area contributed by atoms with Crippen molar-refractivity contribution in [2.45, 2.75) is 45.2 Å². The second-order valence-corrected chi connectivity index (χ2v) is 6.33. The van der Waals surface area contributed by atoms with E-state index in [0.717, 1.165) is 19.5 Å². The maximum absolute atomic E-state index is 12.0. The fourth-order valence-corrected chi connectivity index (χ4v) is 2.59. The SMILES string of the molecule is CN(C(=O)CN1CCC(N)C(C)(C)C1)C1CC1. The summed E-state index contributed by atoms with van der Waals surface area (Å²) in [5.41, 5.74) is 6.22. The number of amides is 1. The monoisotopic (exact) mass is 239 g/mol. The number of nitrogens with two attached hydrogens (primary N) is 1. The predicted molar refractivity (Wildman–Crippen MR) is 68.6 cm³/mol. The molecule has 17 heavy (non-hydrogen) atoms. The molecule has 2 fully saturated rings. The molecule has 0 spiro atoms. The number of likely N-dealkylation sites (tertiary alicyclic amines) is 1. The number of piperidine rings is 1. The van der Waals surface area contributed by atoms with Crippen molar-refractivity contribution >= 4 is 5.91 Å². The third-order valence-corrected chi connectivity index (χ3v) is 4.24. The van der Waals surface area contributed by atoms with E-state index in [9.17, 15) is 4.79 Å². The van der Waals surface area contributed by atoms with Crippen LogP contribution in [0.1, 0.15) is 33.1 Å². The highest BCUT2D eigenvalue weighted by molar-refractivity contribution is 5.78. The first-order chi connectivity index (χ1) is 7.90. The second kappa shape index (κ2) is 4.58. The number of likely N-dealkylation sites (N-methyl/N-ethyl adjacent to an activating group) is 1. The van der Waals surface area contributed by atoms with Crippen molar-refractivity contribution in [2.75, 3.05) is 26.7 Å². The molecule has 0 radical (unpaired) electrons. The minimum atomic E-state index is 0.122. The topological polar surface area (TPSA) is 49.6 Å². The molecule has 1 saturated heterocycles. The molecule has 4 nitrogen and oxygen atoms in total. The Morgan fingerprint density at radius 3 is 2.59 bits per heavy atom. The maximum Gasteiger partial charge on any atom is 0.236 e. The number of rotatable bonds is 3. The van der Waals surface area contributed by atoms with Gasteiger partial charge in [0.15, 0.2) is 0 Å². The molecule has 0 bridgehead atoms. The molecule has 1 saturated carbocycles. The molecule has 1 aliphatic carbocycles. The summed E-state index contributed by atoms with van der Waals surface area (Å²) in [6.45, 7) is 6.83. The second-order valence-electron chi connectivity index (χ2n) is 6.33. The standard InChI is InChI=1S/C13H25N3O/c1-13(2)9-16(7-6-11(13)14)8-12(17)15(3)10-4-5-10/h10-11H,4-9,14H2,1-3H3. The molecule has 0 aromatic rings. The van der Waals surface area contributed by atoms with Gasteiger partial charge in [-0.25, -0.2) is 0 Å². The molecule has 1 aliphatic heterocycles. The third-order valence-electron chi connectivity index (χ3n) is 4.24. The molecule has 98 valence electrons. The molecule has 0 aromatic carbocycles. The maximum atomic E-state index is 12.0. The summed E-state index contributed by atoms with van der Waals surface area (Å²) < 4.78 is 0. The van der Waals surface area contributed by atoms with E-state index in [1.165, 1.54) is 12.8 Å². The normalized spacial score (nSPS) is 29.1. The van der Waals surface area contributed by atoms with Crippen LogP contribution in [0.4, 0.5) is 0 Å². The number of hydrogen-bond acceptors (Lipinski definition) is 3.